The Bertz CT molecular complexity index is 1140. The van der Waals surface area contributed by atoms with Crippen LogP contribution >= 0.6 is 0 Å². The van der Waals surface area contributed by atoms with Gasteiger partial charge < -0.3 is 0 Å². The SMILES string of the molecule is O=C(N/N=C(/C=C/c1ccccc1[N+](=O)[O-])c1ccccc1)[C@@H]1C[C@H]1c1ccccc1. The number of rotatable bonds is 7. The Labute approximate surface area is 180 Å². The first-order valence-corrected chi connectivity index (χ1v) is 10.0. The van der Waals surface area contributed by atoms with E-state index in [2.05, 4.69) is 10.5 Å². The molecule has 1 aliphatic rings. The molecule has 0 radical (unpaired) electrons. The molecule has 1 saturated carbocycles. The molecule has 0 bridgehead atoms. The fourth-order valence-electron chi connectivity index (χ4n) is 3.52. The second-order valence-corrected chi connectivity index (χ2v) is 7.35. The molecule has 154 valence electrons. The van der Waals surface area contributed by atoms with Crippen LogP contribution in [0.5, 0.6) is 0 Å². The Morgan fingerprint density at radius 3 is 2.32 bits per heavy atom. The van der Waals surface area contributed by atoms with Crippen molar-refractivity contribution in [2.24, 2.45) is 11.0 Å². The van der Waals surface area contributed by atoms with Crippen molar-refractivity contribution in [1.29, 1.82) is 0 Å². The monoisotopic (exact) mass is 411 g/mol. The van der Waals surface area contributed by atoms with Crippen LogP contribution in [0.25, 0.3) is 6.08 Å². The molecule has 0 spiro atoms. The first kappa shape index (κ1) is 20.2. The second-order valence-electron chi connectivity index (χ2n) is 7.35. The summed E-state index contributed by atoms with van der Waals surface area (Å²) in [7, 11) is 0. The van der Waals surface area contributed by atoms with Gasteiger partial charge in [0.25, 0.3) is 5.69 Å². The van der Waals surface area contributed by atoms with Gasteiger partial charge in [-0.1, -0.05) is 72.8 Å². The Hall–Kier alpha value is -4.06. The third-order valence-corrected chi connectivity index (χ3v) is 5.27. The molecule has 0 unspecified atom stereocenters. The summed E-state index contributed by atoms with van der Waals surface area (Å²) in [5.41, 5.74) is 5.64. The lowest BCUT2D eigenvalue weighted by atomic mass is 10.1. The van der Waals surface area contributed by atoms with Crippen molar-refractivity contribution >= 4 is 23.4 Å². The summed E-state index contributed by atoms with van der Waals surface area (Å²) in [6.07, 6.45) is 4.12. The van der Waals surface area contributed by atoms with Crippen LogP contribution in [0, 0.1) is 16.0 Å². The van der Waals surface area contributed by atoms with Crippen molar-refractivity contribution in [2.75, 3.05) is 0 Å². The van der Waals surface area contributed by atoms with Crippen LogP contribution in [0.4, 0.5) is 5.69 Å². The van der Waals surface area contributed by atoms with Gasteiger partial charge >= 0.3 is 0 Å². The summed E-state index contributed by atoms with van der Waals surface area (Å²) in [4.78, 5) is 23.5. The maximum Gasteiger partial charge on any atom is 0.276 e. The molecule has 31 heavy (non-hydrogen) atoms. The van der Waals surface area contributed by atoms with Crippen molar-refractivity contribution in [1.82, 2.24) is 5.43 Å². The number of hydrazone groups is 1. The molecule has 1 fully saturated rings. The molecule has 3 aromatic carbocycles. The second kappa shape index (κ2) is 9.17. The highest BCUT2D eigenvalue weighted by molar-refractivity contribution is 6.11. The summed E-state index contributed by atoms with van der Waals surface area (Å²) in [5, 5.41) is 15.6. The van der Waals surface area contributed by atoms with Gasteiger partial charge in [-0.05, 0) is 36.1 Å². The molecule has 0 saturated heterocycles. The Balaban J connectivity index is 1.53. The number of allylic oxidation sites excluding steroid dienone is 1. The maximum absolute atomic E-state index is 12.6. The molecule has 6 nitrogen and oxygen atoms in total. The van der Waals surface area contributed by atoms with E-state index < -0.39 is 4.92 Å². The Morgan fingerprint density at radius 2 is 1.61 bits per heavy atom. The average Bonchev–Trinajstić information content (AvgIpc) is 3.61. The average molecular weight is 411 g/mol. The number of para-hydroxylation sites is 1. The van der Waals surface area contributed by atoms with Gasteiger partial charge in [0.1, 0.15) is 0 Å². The predicted molar refractivity (Wildman–Crippen MR) is 121 cm³/mol. The van der Waals surface area contributed by atoms with E-state index in [0.29, 0.717) is 11.3 Å². The van der Waals surface area contributed by atoms with Crippen LogP contribution in [-0.4, -0.2) is 16.5 Å². The molecule has 0 aromatic heterocycles. The van der Waals surface area contributed by atoms with Crippen molar-refractivity contribution in [3.8, 4) is 0 Å². The number of carbonyl (C=O) groups excluding carboxylic acids is 1. The van der Waals surface area contributed by atoms with Crippen LogP contribution in [-0.2, 0) is 4.79 Å². The zero-order valence-electron chi connectivity index (χ0n) is 16.7. The van der Waals surface area contributed by atoms with Crippen LogP contribution in [0.3, 0.4) is 0 Å². The van der Waals surface area contributed by atoms with Gasteiger partial charge in [0.2, 0.25) is 5.91 Å². The van der Waals surface area contributed by atoms with E-state index in [-0.39, 0.29) is 23.4 Å². The summed E-state index contributed by atoms with van der Waals surface area (Å²) in [6, 6.07) is 25.9. The van der Waals surface area contributed by atoms with Gasteiger partial charge in [-0.2, -0.15) is 5.10 Å². The highest BCUT2D eigenvalue weighted by Gasteiger charge is 2.43. The highest BCUT2D eigenvalue weighted by atomic mass is 16.6. The number of nitrogens with zero attached hydrogens (tertiary/aromatic N) is 2. The smallest absolute Gasteiger partial charge is 0.273 e. The minimum absolute atomic E-state index is 0.0129. The van der Waals surface area contributed by atoms with Crippen LogP contribution in [0.15, 0.2) is 96.1 Å². The lowest BCUT2D eigenvalue weighted by molar-refractivity contribution is -0.385. The topological polar surface area (TPSA) is 84.6 Å². The normalized spacial score (nSPS) is 18.0. The molecule has 4 rings (SSSR count). The first-order valence-electron chi connectivity index (χ1n) is 10.0. The molecule has 1 aliphatic carbocycles. The number of amides is 1. The minimum Gasteiger partial charge on any atom is -0.273 e. The van der Waals surface area contributed by atoms with E-state index in [1.807, 2.05) is 60.7 Å². The lowest BCUT2D eigenvalue weighted by Gasteiger charge is -2.04. The van der Waals surface area contributed by atoms with Crippen LogP contribution in [0.1, 0.15) is 29.0 Å². The minimum atomic E-state index is -0.419. The summed E-state index contributed by atoms with van der Waals surface area (Å²) in [6.45, 7) is 0. The zero-order chi connectivity index (χ0) is 21.6. The lowest BCUT2D eigenvalue weighted by Crippen LogP contribution is -2.21. The van der Waals surface area contributed by atoms with Gasteiger partial charge in [-0.15, -0.1) is 0 Å². The summed E-state index contributed by atoms with van der Waals surface area (Å²) in [5.74, 6) is 0.00262. The van der Waals surface area contributed by atoms with Crippen molar-refractivity contribution in [3.05, 3.63) is 118 Å². The van der Waals surface area contributed by atoms with Gasteiger partial charge in [-0.25, -0.2) is 5.43 Å². The zero-order valence-corrected chi connectivity index (χ0v) is 16.7. The number of hydrogen-bond acceptors (Lipinski definition) is 4. The van der Waals surface area contributed by atoms with Crippen molar-refractivity contribution < 1.29 is 9.72 Å². The van der Waals surface area contributed by atoms with E-state index in [1.54, 1.807) is 30.4 Å². The molecule has 1 amide bonds. The van der Waals surface area contributed by atoms with Crippen molar-refractivity contribution in [2.45, 2.75) is 12.3 Å². The number of hydrogen-bond donors (Lipinski definition) is 1. The Morgan fingerprint density at radius 1 is 0.968 bits per heavy atom. The third kappa shape index (κ3) is 4.93. The van der Waals surface area contributed by atoms with Gasteiger partial charge in [0.15, 0.2) is 0 Å². The Kier molecular flexibility index (Phi) is 5.98. The standard InChI is InChI=1S/C25H21N3O3/c29-25(22-17-21(22)18-9-3-1-4-10-18)27-26-23(19-11-5-2-6-12-19)16-15-20-13-7-8-14-24(20)28(30)31/h1-16,21-22H,17H2,(H,27,29)/b16-15+,26-23-/t21-,22+/m0/s1. The number of benzene rings is 3. The molecule has 3 aromatic rings. The molecule has 2 atom stereocenters. The number of nitro groups is 1. The van der Waals surface area contributed by atoms with Gasteiger partial charge in [-0.3, -0.25) is 14.9 Å². The highest BCUT2D eigenvalue weighted by Crippen LogP contribution is 2.47. The van der Waals surface area contributed by atoms with Gasteiger partial charge in [0, 0.05) is 17.5 Å². The predicted octanol–water partition coefficient (Wildman–Crippen LogP) is 4.93. The fraction of sp³-hybridized carbons (Fsp3) is 0.120. The number of nitro benzene ring substituents is 1. The van der Waals surface area contributed by atoms with Gasteiger partial charge in [0.05, 0.1) is 16.2 Å². The van der Waals surface area contributed by atoms with Crippen LogP contribution < -0.4 is 5.43 Å². The number of nitrogens with one attached hydrogen (secondary N) is 1. The first-order chi connectivity index (χ1) is 15.1. The van der Waals surface area contributed by atoms with E-state index in [9.17, 15) is 14.9 Å². The summed E-state index contributed by atoms with van der Waals surface area (Å²) >= 11 is 0. The molecule has 6 heteroatoms. The fourth-order valence-corrected chi connectivity index (χ4v) is 3.52. The molecule has 0 heterocycles. The maximum atomic E-state index is 12.6. The summed E-state index contributed by atoms with van der Waals surface area (Å²) < 4.78 is 0. The largest absolute Gasteiger partial charge is 0.276 e. The molecular weight excluding hydrogens is 390 g/mol. The van der Waals surface area contributed by atoms with Crippen LogP contribution in [0.2, 0.25) is 0 Å². The van der Waals surface area contributed by atoms with E-state index in [4.69, 9.17) is 0 Å². The van der Waals surface area contributed by atoms with Crippen molar-refractivity contribution in [3.63, 3.8) is 0 Å². The number of carbonyl (C=O) groups is 1. The van der Waals surface area contributed by atoms with E-state index in [1.165, 1.54) is 6.07 Å². The molecular formula is C25H21N3O3. The quantitative estimate of drug-likeness (QED) is 0.340. The third-order valence-electron chi connectivity index (χ3n) is 5.27. The molecule has 0 aliphatic heterocycles. The molecule has 1 N–H and O–H groups in total. The van der Waals surface area contributed by atoms with E-state index >= 15 is 0 Å². The van der Waals surface area contributed by atoms with E-state index in [0.717, 1.165) is 17.5 Å².